The lowest BCUT2D eigenvalue weighted by Gasteiger charge is -2.33. The van der Waals surface area contributed by atoms with Gasteiger partial charge in [-0.1, -0.05) is 17.7 Å². The number of pyridine rings is 1. The standard InChI is InChI=1S/C19H29ClN2O3/c1-19(2,3)25-18(23)22-10-8-15(9-11-22)5-4-12-24-14-16-6-7-17(20)21-13-16/h6-7,13,15H,4-5,8-12,14H2,1-3H3. The van der Waals surface area contributed by atoms with Crippen LogP contribution in [-0.4, -0.2) is 41.3 Å². The number of halogens is 1. The smallest absolute Gasteiger partial charge is 0.410 e. The molecule has 0 aromatic carbocycles. The molecule has 0 atom stereocenters. The zero-order valence-corrected chi connectivity index (χ0v) is 16.2. The van der Waals surface area contributed by atoms with Gasteiger partial charge < -0.3 is 14.4 Å². The number of hydrogen-bond acceptors (Lipinski definition) is 4. The van der Waals surface area contributed by atoms with Crippen molar-refractivity contribution in [1.82, 2.24) is 9.88 Å². The Balaban J connectivity index is 1.56. The van der Waals surface area contributed by atoms with Crippen LogP contribution in [0.5, 0.6) is 0 Å². The fourth-order valence-electron chi connectivity index (χ4n) is 2.89. The molecule has 25 heavy (non-hydrogen) atoms. The predicted octanol–water partition coefficient (Wildman–Crippen LogP) is 4.68. The zero-order chi connectivity index (χ0) is 18.3. The Morgan fingerprint density at radius 1 is 1.32 bits per heavy atom. The lowest BCUT2D eigenvalue weighted by molar-refractivity contribution is 0.0176. The van der Waals surface area contributed by atoms with Gasteiger partial charge in [0, 0.05) is 25.9 Å². The summed E-state index contributed by atoms with van der Waals surface area (Å²) in [5, 5.41) is 0.501. The molecule has 2 rings (SSSR count). The fraction of sp³-hybridized carbons (Fsp3) is 0.684. The summed E-state index contributed by atoms with van der Waals surface area (Å²) in [4.78, 5) is 17.9. The van der Waals surface area contributed by atoms with Crippen molar-refractivity contribution in [3.63, 3.8) is 0 Å². The average Bonchev–Trinajstić information content (AvgIpc) is 2.55. The second-order valence-corrected chi connectivity index (χ2v) is 7.98. The normalized spacial score (nSPS) is 16.1. The average molecular weight is 369 g/mol. The van der Waals surface area contributed by atoms with Gasteiger partial charge >= 0.3 is 6.09 Å². The molecule has 0 saturated carbocycles. The van der Waals surface area contributed by atoms with Crippen molar-refractivity contribution >= 4 is 17.7 Å². The lowest BCUT2D eigenvalue weighted by atomic mass is 9.92. The summed E-state index contributed by atoms with van der Waals surface area (Å²) < 4.78 is 11.1. The number of hydrogen-bond donors (Lipinski definition) is 0. The maximum Gasteiger partial charge on any atom is 0.410 e. The molecule has 1 amide bonds. The van der Waals surface area contributed by atoms with Crippen molar-refractivity contribution in [2.24, 2.45) is 5.92 Å². The van der Waals surface area contributed by atoms with Crippen LogP contribution in [-0.2, 0) is 16.1 Å². The van der Waals surface area contributed by atoms with E-state index in [1.807, 2.05) is 31.7 Å². The molecule has 1 saturated heterocycles. The molecule has 5 nitrogen and oxygen atoms in total. The van der Waals surface area contributed by atoms with E-state index in [1.54, 1.807) is 12.3 Å². The highest BCUT2D eigenvalue weighted by Gasteiger charge is 2.26. The van der Waals surface area contributed by atoms with E-state index in [4.69, 9.17) is 21.1 Å². The minimum absolute atomic E-state index is 0.189. The van der Waals surface area contributed by atoms with E-state index in [-0.39, 0.29) is 6.09 Å². The van der Waals surface area contributed by atoms with Crippen molar-refractivity contribution in [3.05, 3.63) is 29.0 Å². The molecule has 0 bridgehead atoms. The molecule has 6 heteroatoms. The molecule has 1 aliphatic heterocycles. The van der Waals surface area contributed by atoms with Gasteiger partial charge in [-0.25, -0.2) is 9.78 Å². The highest BCUT2D eigenvalue weighted by molar-refractivity contribution is 6.29. The van der Waals surface area contributed by atoms with Gasteiger partial charge in [-0.3, -0.25) is 0 Å². The summed E-state index contributed by atoms with van der Waals surface area (Å²) in [7, 11) is 0. The molecule has 1 aromatic heterocycles. The van der Waals surface area contributed by atoms with Crippen LogP contribution in [0.15, 0.2) is 18.3 Å². The number of amides is 1. The summed E-state index contributed by atoms with van der Waals surface area (Å²) in [5.74, 6) is 0.666. The Morgan fingerprint density at radius 2 is 2.04 bits per heavy atom. The summed E-state index contributed by atoms with van der Waals surface area (Å²) in [5.41, 5.74) is 0.611. The lowest BCUT2D eigenvalue weighted by Crippen LogP contribution is -2.41. The highest BCUT2D eigenvalue weighted by Crippen LogP contribution is 2.23. The first-order valence-corrected chi connectivity index (χ1v) is 9.37. The van der Waals surface area contributed by atoms with Crippen LogP contribution in [0.3, 0.4) is 0 Å². The molecule has 1 aromatic rings. The number of carbonyl (C=O) groups excluding carboxylic acids is 1. The molecule has 2 heterocycles. The second-order valence-electron chi connectivity index (χ2n) is 7.59. The van der Waals surface area contributed by atoms with Crippen LogP contribution >= 0.6 is 11.6 Å². The fourth-order valence-corrected chi connectivity index (χ4v) is 3.00. The van der Waals surface area contributed by atoms with E-state index >= 15 is 0 Å². The Kier molecular flexibility index (Phi) is 7.51. The number of rotatable bonds is 6. The van der Waals surface area contributed by atoms with Crippen LogP contribution in [0.4, 0.5) is 4.79 Å². The van der Waals surface area contributed by atoms with E-state index in [0.29, 0.717) is 17.7 Å². The van der Waals surface area contributed by atoms with Crippen molar-refractivity contribution in [2.75, 3.05) is 19.7 Å². The largest absolute Gasteiger partial charge is 0.444 e. The van der Waals surface area contributed by atoms with Gasteiger partial charge in [0.25, 0.3) is 0 Å². The quantitative estimate of drug-likeness (QED) is 0.540. The number of likely N-dealkylation sites (tertiary alicyclic amines) is 1. The van der Waals surface area contributed by atoms with Crippen LogP contribution in [0.1, 0.15) is 52.0 Å². The molecule has 0 spiro atoms. The molecule has 0 unspecified atom stereocenters. The molecular weight excluding hydrogens is 340 g/mol. The number of ether oxygens (including phenoxy) is 2. The SMILES string of the molecule is CC(C)(C)OC(=O)N1CCC(CCCOCc2ccc(Cl)nc2)CC1. The molecular formula is C19H29ClN2O3. The molecule has 1 aliphatic rings. The van der Waals surface area contributed by atoms with E-state index in [0.717, 1.165) is 50.9 Å². The highest BCUT2D eigenvalue weighted by atomic mass is 35.5. The first kappa shape index (κ1) is 20.0. The van der Waals surface area contributed by atoms with Crippen LogP contribution in [0.25, 0.3) is 0 Å². The van der Waals surface area contributed by atoms with E-state index in [2.05, 4.69) is 4.98 Å². The number of nitrogens with zero attached hydrogens (tertiary/aromatic N) is 2. The van der Waals surface area contributed by atoms with E-state index in [1.165, 1.54) is 0 Å². The minimum Gasteiger partial charge on any atom is -0.444 e. The summed E-state index contributed by atoms with van der Waals surface area (Å²) >= 11 is 5.76. The van der Waals surface area contributed by atoms with Gasteiger partial charge in [0.1, 0.15) is 10.8 Å². The van der Waals surface area contributed by atoms with Gasteiger partial charge in [-0.15, -0.1) is 0 Å². The van der Waals surface area contributed by atoms with Gasteiger partial charge in [0.2, 0.25) is 0 Å². The van der Waals surface area contributed by atoms with Crippen LogP contribution < -0.4 is 0 Å². The maximum absolute atomic E-state index is 12.0. The topological polar surface area (TPSA) is 51.7 Å². The summed E-state index contributed by atoms with van der Waals surface area (Å²) in [6.45, 7) is 8.59. The van der Waals surface area contributed by atoms with Gasteiger partial charge in [-0.05, 0) is 64.0 Å². The van der Waals surface area contributed by atoms with E-state index < -0.39 is 5.60 Å². The van der Waals surface area contributed by atoms with E-state index in [9.17, 15) is 4.79 Å². The van der Waals surface area contributed by atoms with Crippen molar-refractivity contribution in [1.29, 1.82) is 0 Å². The Hall–Kier alpha value is -1.33. The number of piperidine rings is 1. The Bertz CT molecular complexity index is 535. The summed E-state index contributed by atoms with van der Waals surface area (Å²) in [6.07, 6.45) is 5.82. The van der Waals surface area contributed by atoms with Gasteiger partial charge in [0.05, 0.1) is 6.61 Å². The first-order valence-electron chi connectivity index (χ1n) is 8.99. The third-order valence-electron chi connectivity index (χ3n) is 4.22. The number of carbonyl (C=O) groups is 1. The van der Waals surface area contributed by atoms with Gasteiger partial charge in [-0.2, -0.15) is 0 Å². The monoisotopic (exact) mass is 368 g/mol. The van der Waals surface area contributed by atoms with Crippen molar-refractivity contribution in [3.8, 4) is 0 Å². The second kappa shape index (κ2) is 9.39. The predicted molar refractivity (Wildman–Crippen MR) is 98.7 cm³/mol. The third-order valence-corrected chi connectivity index (χ3v) is 4.45. The van der Waals surface area contributed by atoms with Gasteiger partial charge in [0.15, 0.2) is 0 Å². The zero-order valence-electron chi connectivity index (χ0n) is 15.5. The first-order chi connectivity index (χ1) is 11.8. The van der Waals surface area contributed by atoms with Crippen molar-refractivity contribution < 1.29 is 14.3 Å². The molecule has 0 N–H and O–H groups in total. The third kappa shape index (κ3) is 7.61. The Labute approximate surface area is 155 Å². The van der Waals surface area contributed by atoms with Crippen LogP contribution in [0.2, 0.25) is 5.15 Å². The maximum atomic E-state index is 12.0. The number of aromatic nitrogens is 1. The summed E-state index contributed by atoms with van der Waals surface area (Å²) in [6, 6.07) is 3.71. The Morgan fingerprint density at radius 3 is 2.64 bits per heavy atom. The molecule has 1 fully saturated rings. The molecule has 0 radical (unpaired) electrons. The van der Waals surface area contributed by atoms with Crippen molar-refractivity contribution in [2.45, 2.75) is 58.7 Å². The molecule has 0 aliphatic carbocycles. The minimum atomic E-state index is -0.426. The molecule has 140 valence electrons. The van der Waals surface area contributed by atoms with Crippen LogP contribution in [0, 0.1) is 5.92 Å².